The number of nitro groups is 1. The molecule has 5 rings (SSSR count). The molecule has 2 aliphatic heterocycles. The highest BCUT2D eigenvalue weighted by molar-refractivity contribution is 6.30. The predicted molar refractivity (Wildman–Crippen MR) is 144 cm³/mol. The highest BCUT2D eigenvalue weighted by Crippen LogP contribution is 2.54. The van der Waals surface area contributed by atoms with Gasteiger partial charge in [0.1, 0.15) is 6.04 Å². The third-order valence-corrected chi connectivity index (χ3v) is 7.69. The van der Waals surface area contributed by atoms with E-state index in [4.69, 9.17) is 16.3 Å². The SMILES string of the molecule is CCCN1C(=O)C2C(c3ccc(Cl)cc3)C(C(=O)c3ccccc3)C(c3ccc(OC)c([N+](=O)[O-])c3)N2C1=O. The third kappa shape index (κ3) is 4.42. The fraction of sp³-hybridized carbons (Fsp3) is 0.276. The number of Topliss-reactive ketones (excluding diaryl/α,β-unsaturated/α-hetero) is 1. The molecule has 3 amide bonds. The van der Waals surface area contributed by atoms with Gasteiger partial charge in [-0.25, -0.2) is 4.79 Å². The summed E-state index contributed by atoms with van der Waals surface area (Å²) in [5, 5.41) is 12.4. The number of benzene rings is 3. The second-order valence-corrected chi connectivity index (χ2v) is 10.0. The molecular weight excluding hydrogens is 522 g/mol. The Morgan fingerprint density at radius 3 is 2.28 bits per heavy atom. The number of hydrogen-bond donors (Lipinski definition) is 0. The number of nitro benzene ring substituents is 1. The van der Waals surface area contributed by atoms with Gasteiger partial charge in [0.25, 0.3) is 5.91 Å². The normalized spacial score (nSPS) is 22.2. The van der Waals surface area contributed by atoms with Crippen molar-refractivity contribution in [2.75, 3.05) is 13.7 Å². The van der Waals surface area contributed by atoms with Crippen molar-refractivity contribution in [3.05, 3.63) is 105 Å². The number of hydrogen-bond acceptors (Lipinski definition) is 6. The molecule has 3 aromatic rings. The number of fused-ring (bicyclic) bond motifs is 1. The van der Waals surface area contributed by atoms with Gasteiger partial charge in [0, 0.05) is 29.1 Å². The molecule has 9 nitrogen and oxygen atoms in total. The van der Waals surface area contributed by atoms with E-state index in [1.54, 1.807) is 60.7 Å². The first kappa shape index (κ1) is 26.4. The maximum atomic E-state index is 14.2. The van der Waals surface area contributed by atoms with Crippen LogP contribution < -0.4 is 4.74 Å². The van der Waals surface area contributed by atoms with Crippen molar-refractivity contribution < 1.29 is 24.0 Å². The lowest BCUT2D eigenvalue weighted by molar-refractivity contribution is -0.385. The molecule has 200 valence electrons. The number of methoxy groups -OCH3 is 1. The maximum absolute atomic E-state index is 14.2. The van der Waals surface area contributed by atoms with E-state index in [2.05, 4.69) is 0 Å². The highest BCUT2D eigenvalue weighted by atomic mass is 35.5. The van der Waals surface area contributed by atoms with Crippen LogP contribution in [0.25, 0.3) is 0 Å². The van der Waals surface area contributed by atoms with Gasteiger partial charge in [0.05, 0.1) is 24.0 Å². The van der Waals surface area contributed by atoms with Gasteiger partial charge in [0.2, 0.25) is 0 Å². The first-order chi connectivity index (χ1) is 18.8. The summed E-state index contributed by atoms with van der Waals surface area (Å²) >= 11 is 6.16. The highest BCUT2D eigenvalue weighted by Gasteiger charge is 2.63. The lowest BCUT2D eigenvalue weighted by Gasteiger charge is -2.29. The van der Waals surface area contributed by atoms with Crippen LogP contribution in [0.5, 0.6) is 5.75 Å². The summed E-state index contributed by atoms with van der Waals surface area (Å²) in [4.78, 5) is 55.8. The molecule has 39 heavy (non-hydrogen) atoms. The van der Waals surface area contributed by atoms with Crippen molar-refractivity contribution in [3.8, 4) is 5.75 Å². The van der Waals surface area contributed by atoms with Crippen molar-refractivity contribution in [2.24, 2.45) is 5.92 Å². The molecule has 0 radical (unpaired) electrons. The Labute approximate surface area is 230 Å². The van der Waals surface area contributed by atoms with Gasteiger partial charge in [-0.2, -0.15) is 0 Å². The average molecular weight is 548 g/mol. The number of nitrogens with zero attached hydrogens (tertiary/aromatic N) is 3. The van der Waals surface area contributed by atoms with E-state index in [1.807, 2.05) is 6.92 Å². The molecule has 0 bridgehead atoms. The van der Waals surface area contributed by atoms with Gasteiger partial charge in [-0.15, -0.1) is 0 Å². The van der Waals surface area contributed by atoms with E-state index in [0.717, 1.165) is 0 Å². The summed E-state index contributed by atoms with van der Waals surface area (Å²) in [7, 11) is 1.33. The van der Waals surface area contributed by atoms with Crippen LogP contribution in [-0.2, 0) is 4.79 Å². The standard InChI is InChI=1S/C29H26ClN3O6/c1-3-15-31-28(35)26-23(17-9-12-20(30)13-10-17)24(27(34)18-7-5-4-6-8-18)25(32(26)29(31)36)19-11-14-22(39-2)21(16-19)33(37)38/h4-14,16,23-26H,3,15H2,1-2H3. The Bertz CT molecular complexity index is 1450. The minimum atomic E-state index is -0.964. The third-order valence-electron chi connectivity index (χ3n) is 7.44. The Kier molecular flexibility index (Phi) is 7.10. The second-order valence-electron chi connectivity index (χ2n) is 9.59. The Morgan fingerprint density at radius 1 is 1.00 bits per heavy atom. The van der Waals surface area contributed by atoms with Gasteiger partial charge in [0.15, 0.2) is 11.5 Å². The van der Waals surface area contributed by atoms with Crippen LogP contribution in [0.2, 0.25) is 5.02 Å². The summed E-state index contributed by atoms with van der Waals surface area (Å²) in [6.45, 7) is 2.09. The molecule has 3 aromatic carbocycles. The number of carbonyl (C=O) groups excluding carboxylic acids is 3. The van der Waals surface area contributed by atoms with Gasteiger partial charge in [-0.3, -0.25) is 24.6 Å². The largest absolute Gasteiger partial charge is 0.490 e. The van der Waals surface area contributed by atoms with Crippen LogP contribution in [0.3, 0.4) is 0 Å². The molecule has 0 N–H and O–H groups in total. The van der Waals surface area contributed by atoms with Gasteiger partial charge >= 0.3 is 11.7 Å². The fourth-order valence-corrected chi connectivity index (χ4v) is 5.95. The van der Waals surface area contributed by atoms with E-state index in [9.17, 15) is 24.5 Å². The molecule has 4 unspecified atom stereocenters. The lowest BCUT2D eigenvalue weighted by Crippen LogP contribution is -2.38. The predicted octanol–water partition coefficient (Wildman–Crippen LogP) is 5.64. The molecule has 2 aliphatic rings. The quantitative estimate of drug-likeness (QED) is 0.156. The number of ketones is 1. The average Bonchev–Trinajstić information content (AvgIpc) is 3.42. The van der Waals surface area contributed by atoms with Crippen molar-refractivity contribution in [3.63, 3.8) is 0 Å². The number of amides is 3. The topological polar surface area (TPSA) is 110 Å². The molecule has 2 heterocycles. The zero-order valence-electron chi connectivity index (χ0n) is 21.3. The van der Waals surface area contributed by atoms with E-state index in [0.29, 0.717) is 28.1 Å². The second kappa shape index (κ2) is 10.5. The minimum absolute atomic E-state index is 0.0509. The zero-order chi connectivity index (χ0) is 27.8. The smallest absolute Gasteiger partial charge is 0.328 e. The molecule has 10 heteroatoms. The Morgan fingerprint density at radius 2 is 1.67 bits per heavy atom. The summed E-state index contributed by atoms with van der Waals surface area (Å²) < 4.78 is 5.18. The number of ether oxygens (including phenoxy) is 1. The van der Waals surface area contributed by atoms with E-state index in [-0.39, 0.29) is 23.8 Å². The monoisotopic (exact) mass is 547 g/mol. The molecule has 4 atom stereocenters. The molecular formula is C29H26ClN3O6. The summed E-state index contributed by atoms with van der Waals surface area (Å²) in [6.07, 6.45) is 0.564. The van der Waals surface area contributed by atoms with Crippen molar-refractivity contribution >= 4 is 35.0 Å². The molecule has 0 aromatic heterocycles. The molecule has 0 spiro atoms. The summed E-state index contributed by atoms with van der Waals surface area (Å²) in [6, 6.07) is 17.5. The molecule has 2 fully saturated rings. The molecule has 0 saturated carbocycles. The van der Waals surface area contributed by atoms with Crippen LogP contribution in [0.4, 0.5) is 10.5 Å². The van der Waals surface area contributed by atoms with Gasteiger partial charge in [-0.1, -0.05) is 67.1 Å². The minimum Gasteiger partial charge on any atom is -0.490 e. The summed E-state index contributed by atoms with van der Waals surface area (Å²) in [5.74, 6) is -2.22. The van der Waals surface area contributed by atoms with Crippen molar-refractivity contribution in [1.29, 1.82) is 0 Å². The van der Waals surface area contributed by atoms with E-state index >= 15 is 0 Å². The van der Waals surface area contributed by atoms with E-state index < -0.39 is 40.8 Å². The number of urea groups is 1. The van der Waals surface area contributed by atoms with Crippen molar-refractivity contribution in [2.45, 2.75) is 31.3 Å². The fourth-order valence-electron chi connectivity index (χ4n) is 5.82. The molecule has 0 aliphatic carbocycles. The van der Waals surface area contributed by atoms with Crippen LogP contribution >= 0.6 is 11.6 Å². The van der Waals surface area contributed by atoms with Crippen LogP contribution in [-0.4, -0.2) is 52.1 Å². The Hall–Kier alpha value is -4.24. The number of carbonyl (C=O) groups is 3. The van der Waals surface area contributed by atoms with Gasteiger partial charge < -0.3 is 9.64 Å². The molecule has 2 saturated heterocycles. The van der Waals surface area contributed by atoms with Gasteiger partial charge in [-0.05, 0) is 35.7 Å². The van der Waals surface area contributed by atoms with Crippen LogP contribution in [0.15, 0.2) is 72.8 Å². The first-order valence-electron chi connectivity index (χ1n) is 12.6. The van der Waals surface area contributed by atoms with E-state index in [1.165, 1.54) is 29.0 Å². The lowest BCUT2D eigenvalue weighted by atomic mass is 9.75. The zero-order valence-corrected chi connectivity index (χ0v) is 22.1. The van der Waals surface area contributed by atoms with Crippen LogP contribution in [0.1, 0.15) is 46.8 Å². The number of rotatable bonds is 8. The van der Waals surface area contributed by atoms with Crippen molar-refractivity contribution in [1.82, 2.24) is 9.80 Å². The number of halogens is 1. The Balaban J connectivity index is 1.76. The summed E-state index contributed by atoms with van der Waals surface area (Å²) in [5.41, 5.74) is 1.17. The van der Waals surface area contributed by atoms with Crippen LogP contribution in [0, 0.1) is 16.0 Å². The number of imide groups is 1. The first-order valence-corrected chi connectivity index (χ1v) is 13.0. The maximum Gasteiger partial charge on any atom is 0.328 e.